The van der Waals surface area contributed by atoms with Gasteiger partial charge >= 0.3 is 5.97 Å². The highest BCUT2D eigenvalue weighted by Crippen LogP contribution is 2.67. The number of ether oxygens (including phenoxy) is 1. The lowest BCUT2D eigenvalue weighted by atomic mass is 9.69. The van der Waals surface area contributed by atoms with Gasteiger partial charge in [-0.3, -0.25) is 4.79 Å². The van der Waals surface area contributed by atoms with Crippen molar-refractivity contribution in [2.45, 2.75) is 140 Å². The van der Waals surface area contributed by atoms with Crippen molar-refractivity contribution in [2.75, 3.05) is 5.75 Å². The summed E-state index contributed by atoms with van der Waals surface area (Å²) in [5.41, 5.74) is -0.149. The molecule has 5 rings (SSSR count). The normalized spacial score (nSPS) is 28.6. The van der Waals surface area contributed by atoms with Gasteiger partial charge in [0.1, 0.15) is 12.1 Å². The lowest BCUT2D eigenvalue weighted by molar-refractivity contribution is -0.158. The molecule has 1 N–H and O–H groups in total. The number of nitrogens with zero attached hydrogens (tertiary/aromatic N) is 1. The number of fused-ring (bicyclic) bond motifs is 2. The van der Waals surface area contributed by atoms with Gasteiger partial charge in [-0.15, -0.1) is 6.58 Å². The second-order valence-corrected chi connectivity index (χ2v) is 18.0. The van der Waals surface area contributed by atoms with Gasteiger partial charge in [-0.2, -0.15) is 9.03 Å². The molecule has 2 bridgehead atoms. The van der Waals surface area contributed by atoms with Crippen molar-refractivity contribution in [3.8, 4) is 0 Å². The Morgan fingerprint density at radius 1 is 0.977 bits per heavy atom. The van der Waals surface area contributed by atoms with Crippen LogP contribution in [-0.4, -0.2) is 57.1 Å². The van der Waals surface area contributed by atoms with E-state index in [-0.39, 0.29) is 40.5 Å². The second-order valence-electron chi connectivity index (χ2n) is 14.5. The molecule has 4 fully saturated rings. The number of esters is 1. The minimum atomic E-state index is -3.99. The number of nitrogens with one attached hydrogen (secondary N) is 1. The molecule has 0 saturated heterocycles. The number of rotatable bonds is 12. The zero-order valence-electron chi connectivity index (χ0n) is 26.8. The number of hydrogen-bond donors (Lipinski definition) is 1. The number of hydrogen-bond acceptors (Lipinski definition) is 6. The van der Waals surface area contributed by atoms with Crippen LogP contribution in [0.15, 0.2) is 41.8 Å². The van der Waals surface area contributed by atoms with Gasteiger partial charge in [0.2, 0.25) is 20.0 Å². The summed E-state index contributed by atoms with van der Waals surface area (Å²) in [4.78, 5) is 13.8. The summed E-state index contributed by atoms with van der Waals surface area (Å²) >= 11 is 0. The van der Waals surface area contributed by atoms with Crippen LogP contribution in [0.3, 0.4) is 0 Å². The van der Waals surface area contributed by atoms with Crippen LogP contribution in [0.4, 0.5) is 0 Å². The van der Waals surface area contributed by atoms with Crippen LogP contribution < -0.4 is 4.72 Å². The maximum absolute atomic E-state index is 14.7. The Kier molecular flexibility index (Phi) is 10.1. The lowest BCUT2D eigenvalue weighted by Crippen LogP contribution is -2.55. The summed E-state index contributed by atoms with van der Waals surface area (Å²) in [5, 5.41) is 0. The minimum Gasteiger partial charge on any atom is -0.461 e. The monoisotopic (exact) mass is 648 g/mol. The third-order valence-corrected chi connectivity index (χ3v) is 15.2. The van der Waals surface area contributed by atoms with Gasteiger partial charge in [0.15, 0.2) is 0 Å². The van der Waals surface area contributed by atoms with E-state index in [0.29, 0.717) is 12.8 Å². The molecule has 0 amide bonds. The molecular weight excluding hydrogens is 597 g/mol. The average molecular weight is 649 g/mol. The predicted octanol–water partition coefficient (Wildman–Crippen LogP) is 6.25. The smallest absolute Gasteiger partial charge is 0.324 e. The molecular formula is C34H52N2O6S2. The van der Waals surface area contributed by atoms with E-state index in [9.17, 15) is 21.6 Å². The highest BCUT2D eigenvalue weighted by molar-refractivity contribution is 7.89. The van der Waals surface area contributed by atoms with Crippen molar-refractivity contribution >= 4 is 26.0 Å². The zero-order chi connectivity index (χ0) is 31.8. The van der Waals surface area contributed by atoms with E-state index in [1.165, 1.54) is 18.2 Å². The Bertz CT molecular complexity index is 1380. The van der Waals surface area contributed by atoms with Gasteiger partial charge in [-0.1, -0.05) is 76.1 Å². The van der Waals surface area contributed by atoms with Crippen molar-refractivity contribution in [1.82, 2.24) is 9.03 Å². The van der Waals surface area contributed by atoms with E-state index in [0.717, 1.165) is 76.2 Å². The molecule has 4 aliphatic carbocycles. The van der Waals surface area contributed by atoms with Crippen LogP contribution in [-0.2, 0) is 29.6 Å². The molecule has 0 unspecified atom stereocenters. The van der Waals surface area contributed by atoms with Crippen molar-refractivity contribution in [2.24, 2.45) is 16.7 Å². The summed E-state index contributed by atoms with van der Waals surface area (Å²) in [6, 6.07) is 5.37. The van der Waals surface area contributed by atoms with Crippen LogP contribution in [0.2, 0.25) is 0 Å². The average Bonchev–Trinajstić information content (AvgIpc) is 3.33. The molecule has 4 aliphatic rings. The molecule has 4 saturated carbocycles. The topological polar surface area (TPSA) is 110 Å². The highest BCUT2D eigenvalue weighted by Gasteiger charge is 2.67. The van der Waals surface area contributed by atoms with Crippen LogP contribution in [0, 0.1) is 23.7 Å². The van der Waals surface area contributed by atoms with Crippen LogP contribution >= 0.6 is 0 Å². The van der Waals surface area contributed by atoms with Gasteiger partial charge in [0, 0.05) is 17.5 Å². The largest absolute Gasteiger partial charge is 0.461 e. The summed E-state index contributed by atoms with van der Waals surface area (Å²) < 4.78 is 66.4. The third kappa shape index (κ3) is 6.56. The molecule has 8 nitrogen and oxygen atoms in total. The molecule has 1 aromatic rings. The fourth-order valence-corrected chi connectivity index (χ4v) is 12.9. The van der Waals surface area contributed by atoms with E-state index in [1.54, 1.807) is 12.1 Å². The van der Waals surface area contributed by atoms with Gasteiger partial charge in [0.25, 0.3) is 0 Å². The highest BCUT2D eigenvalue weighted by atomic mass is 32.2. The maximum atomic E-state index is 14.7. The quantitative estimate of drug-likeness (QED) is 0.212. The van der Waals surface area contributed by atoms with Crippen molar-refractivity contribution in [3.63, 3.8) is 0 Å². The van der Waals surface area contributed by atoms with Crippen molar-refractivity contribution in [3.05, 3.63) is 42.5 Å². The fraction of sp³-hybridized carbons (Fsp3) is 0.735. The lowest BCUT2D eigenvalue weighted by Gasteiger charge is -2.46. The Labute approximate surface area is 265 Å². The first-order valence-electron chi connectivity index (χ1n) is 16.7. The zero-order valence-corrected chi connectivity index (χ0v) is 28.4. The van der Waals surface area contributed by atoms with Crippen LogP contribution in [0.25, 0.3) is 0 Å². The number of carbonyl (C=O) groups excluding carboxylic acids is 1. The summed E-state index contributed by atoms with van der Waals surface area (Å²) in [6.45, 7) is 9.89. The van der Waals surface area contributed by atoms with E-state index < -0.39 is 43.6 Å². The summed E-state index contributed by atoms with van der Waals surface area (Å²) in [7, 11) is -7.66. The molecule has 44 heavy (non-hydrogen) atoms. The fourth-order valence-electron chi connectivity index (χ4n) is 8.88. The van der Waals surface area contributed by atoms with Gasteiger partial charge in [0.05, 0.1) is 10.6 Å². The van der Waals surface area contributed by atoms with Crippen molar-refractivity contribution in [1.29, 1.82) is 0 Å². The Balaban J connectivity index is 1.40. The second kappa shape index (κ2) is 13.2. The van der Waals surface area contributed by atoms with Gasteiger partial charge < -0.3 is 4.74 Å². The summed E-state index contributed by atoms with van der Waals surface area (Å²) in [6.07, 6.45) is 13.3. The van der Waals surface area contributed by atoms with E-state index in [1.807, 2.05) is 11.2 Å². The van der Waals surface area contributed by atoms with Gasteiger partial charge in [-0.25, -0.2) is 16.8 Å². The number of aryl methyl sites for hydroxylation is 1. The molecule has 246 valence electrons. The molecule has 10 heteroatoms. The molecule has 0 aliphatic heterocycles. The molecule has 0 heterocycles. The van der Waals surface area contributed by atoms with E-state index in [4.69, 9.17) is 4.74 Å². The standard InChI is InChI=1S/C34H52N2O6S2/c1-5-12-30(35-44(40,41)29-19-17-25(2)18-20-29)32(37)42-31-23-26-21-22-34(31,33(26,3)4)24-43(38,39)36(27-13-8-6-9-14-27)28-15-10-7-11-16-28/h5,17-20,26-28,30-31,35H,1,6-16,21-24H2,2-4H3/t26-,30+,31-,34-/m1/s1. The minimum absolute atomic E-state index is 0.0321. The molecule has 4 atom stereocenters. The molecule has 0 radical (unpaired) electrons. The molecule has 0 spiro atoms. The Morgan fingerprint density at radius 3 is 2.07 bits per heavy atom. The Hall–Kier alpha value is -1.75. The molecule has 1 aromatic carbocycles. The number of carbonyl (C=O) groups is 1. The number of benzene rings is 1. The maximum Gasteiger partial charge on any atom is 0.324 e. The first-order chi connectivity index (χ1) is 20.8. The predicted molar refractivity (Wildman–Crippen MR) is 173 cm³/mol. The van der Waals surface area contributed by atoms with Crippen LogP contribution in [0.5, 0.6) is 0 Å². The first kappa shape index (κ1) is 33.6. The van der Waals surface area contributed by atoms with Crippen molar-refractivity contribution < 1.29 is 26.4 Å². The molecule has 0 aromatic heterocycles. The van der Waals surface area contributed by atoms with E-state index >= 15 is 0 Å². The number of sulfonamides is 2. The first-order valence-corrected chi connectivity index (χ1v) is 19.8. The Morgan fingerprint density at radius 2 is 1.55 bits per heavy atom. The SMILES string of the molecule is C=CC[C@H](NS(=O)(=O)c1ccc(C)cc1)C(=O)O[C@@H]1C[C@H]2CC[C@]1(CS(=O)(=O)N(C1CCCCC1)C1CCCCC1)C2(C)C. The summed E-state index contributed by atoms with van der Waals surface area (Å²) in [5.74, 6) is -0.479. The van der Waals surface area contributed by atoms with Gasteiger partial charge in [-0.05, 0) is 81.8 Å². The third-order valence-electron chi connectivity index (χ3n) is 11.6. The van der Waals surface area contributed by atoms with Crippen LogP contribution in [0.1, 0.15) is 109 Å². The van der Waals surface area contributed by atoms with E-state index in [2.05, 4.69) is 25.1 Å².